The van der Waals surface area contributed by atoms with Crippen molar-refractivity contribution in [2.45, 2.75) is 0 Å². The number of carbonyl (C=O) groups excluding carboxylic acids is 1. The number of methoxy groups -OCH3 is 4. The average molecular weight is 331 g/mol. The van der Waals surface area contributed by atoms with Gasteiger partial charge >= 0.3 is 0 Å². The van der Waals surface area contributed by atoms with Gasteiger partial charge < -0.3 is 24.3 Å². The monoisotopic (exact) mass is 331 g/mol. The van der Waals surface area contributed by atoms with Crippen LogP contribution in [0.1, 0.15) is 10.4 Å². The highest BCUT2D eigenvalue weighted by atomic mass is 16.5. The molecule has 2 rings (SSSR count). The van der Waals surface area contributed by atoms with Crippen molar-refractivity contribution >= 4 is 11.5 Å². The van der Waals surface area contributed by atoms with Crippen molar-refractivity contribution in [3.63, 3.8) is 0 Å². The number of ether oxygens (including phenoxy) is 4. The van der Waals surface area contributed by atoms with E-state index in [-0.39, 0.29) is 12.3 Å². The van der Waals surface area contributed by atoms with E-state index in [1.54, 1.807) is 57.7 Å². The molecule has 0 atom stereocenters. The summed E-state index contributed by atoms with van der Waals surface area (Å²) in [6.45, 7) is 0.110. The molecule has 0 aliphatic heterocycles. The largest absolute Gasteiger partial charge is 0.497 e. The Balaban J connectivity index is 2.13. The minimum atomic E-state index is -0.0826. The van der Waals surface area contributed by atoms with E-state index < -0.39 is 0 Å². The molecule has 0 fully saturated rings. The standard InChI is InChI=1S/C18H21NO5/c1-21-13-6-8-16(22-2)14(10-13)19-11-15(20)12-5-7-17(23-3)18(9-12)24-4/h5-10,19H,11H2,1-4H3. The van der Waals surface area contributed by atoms with Crippen molar-refractivity contribution in [2.75, 3.05) is 40.3 Å². The second-order valence-electron chi connectivity index (χ2n) is 4.91. The molecule has 6 heteroatoms. The smallest absolute Gasteiger partial charge is 0.181 e. The number of nitrogens with one attached hydrogen (secondary N) is 1. The SMILES string of the molecule is COc1ccc(OC)c(NCC(=O)c2ccc(OC)c(OC)c2)c1. The van der Waals surface area contributed by atoms with E-state index >= 15 is 0 Å². The zero-order valence-corrected chi connectivity index (χ0v) is 14.2. The van der Waals surface area contributed by atoms with Gasteiger partial charge in [-0.1, -0.05) is 0 Å². The van der Waals surface area contributed by atoms with E-state index in [1.807, 2.05) is 0 Å². The van der Waals surface area contributed by atoms with Crippen molar-refractivity contribution in [2.24, 2.45) is 0 Å². The molecule has 0 bridgehead atoms. The second kappa shape index (κ2) is 8.10. The number of ketones is 1. The normalized spacial score (nSPS) is 10.0. The van der Waals surface area contributed by atoms with Gasteiger partial charge in [-0.15, -0.1) is 0 Å². The third kappa shape index (κ3) is 3.90. The zero-order valence-electron chi connectivity index (χ0n) is 14.2. The Morgan fingerprint density at radius 1 is 0.833 bits per heavy atom. The molecule has 0 aliphatic rings. The zero-order chi connectivity index (χ0) is 17.5. The Morgan fingerprint density at radius 2 is 1.50 bits per heavy atom. The van der Waals surface area contributed by atoms with Gasteiger partial charge in [-0.2, -0.15) is 0 Å². The summed E-state index contributed by atoms with van der Waals surface area (Å²) in [5.74, 6) is 2.33. The third-order valence-electron chi connectivity index (χ3n) is 3.55. The van der Waals surface area contributed by atoms with Crippen LogP contribution in [0.3, 0.4) is 0 Å². The Labute approximate surface area is 141 Å². The fraction of sp³-hybridized carbons (Fsp3) is 0.278. The summed E-state index contributed by atoms with van der Waals surface area (Å²) in [7, 11) is 6.24. The van der Waals surface area contributed by atoms with E-state index in [0.29, 0.717) is 34.2 Å². The first-order valence-corrected chi connectivity index (χ1v) is 7.34. The van der Waals surface area contributed by atoms with Gasteiger partial charge in [0.1, 0.15) is 11.5 Å². The van der Waals surface area contributed by atoms with E-state index in [9.17, 15) is 4.79 Å². The number of Topliss-reactive ketones (excluding diaryl/α,β-unsaturated/α-hetero) is 1. The molecule has 0 saturated carbocycles. The Morgan fingerprint density at radius 3 is 2.12 bits per heavy atom. The molecule has 0 aromatic heterocycles. The summed E-state index contributed by atoms with van der Waals surface area (Å²) in [6, 6.07) is 10.4. The highest BCUT2D eigenvalue weighted by Crippen LogP contribution is 2.30. The van der Waals surface area contributed by atoms with Crippen LogP contribution < -0.4 is 24.3 Å². The molecule has 0 radical (unpaired) electrons. The maximum atomic E-state index is 12.4. The predicted octanol–water partition coefficient (Wildman–Crippen LogP) is 3.02. The summed E-state index contributed by atoms with van der Waals surface area (Å²) in [6.07, 6.45) is 0. The fourth-order valence-electron chi connectivity index (χ4n) is 2.24. The number of hydrogen-bond acceptors (Lipinski definition) is 6. The molecular formula is C18H21NO5. The lowest BCUT2D eigenvalue weighted by molar-refractivity contribution is 0.101. The van der Waals surface area contributed by atoms with Gasteiger partial charge in [0.05, 0.1) is 40.7 Å². The second-order valence-corrected chi connectivity index (χ2v) is 4.91. The molecule has 0 unspecified atom stereocenters. The van der Waals surface area contributed by atoms with E-state index in [4.69, 9.17) is 18.9 Å². The van der Waals surface area contributed by atoms with Crippen LogP contribution in [0.15, 0.2) is 36.4 Å². The van der Waals surface area contributed by atoms with Gasteiger partial charge in [-0.3, -0.25) is 4.79 Å². The van der Waals surface area contributed by atoms with Crippen LogP contribution in [0.2, 0.25) is 0 Å². The minimum absolute atomic E-state index is 0.0826. The minimum Gasteiger partial charge on any atom is -0.497 e. The first kappa shape index (κ1) is 17.5. The summed E-state index contributed by atoms with van der Waals surface area (Å²) in [5, 5.41) is 3.08. The number of carbonyl (C=O) groups is 1. The predicted molar refractivity (Wildman–Crippen MR) is 91.9 cm³/mol. The Hall–Kier alpha value is -2.89. The molecule has 0 amide bonds. The lowest BCUT2D eigenvalue weighted by Gasteiger charge is -2.13. The van der Waals surface area contributed by atoms with Crippen molar-refractivity contribution in [3.05, 3.63) is 42.0 Å². The van der Waals surface area contributed by atoms with Gasteiger partial charge in [0.25, 0.3) is 0 Å². The maximum absolute atomic E-state index is 12.4. The van der Waals surface area contributed by atoms with Crippen LogP contribution in [0.4, 0.5) is 5.69 Å². The summed E-state index contributed by atoms with van der Waals surface area (Å²) in [4.78, 5) is 12.4. The van der Waals surface area contributed by atoms with Crippen LogP contribution >= 0.6 is 0 Å². The molecule has 0 heterocycles. The Kier molecular flexibility index (Phi) is 5.89. The van der Waals surface area contributed by atoms with Gasteiger partial charge in [-0.05, 0) is 30.3 Å². The molecule has 6 nitrogen and oxygen atoms in total. The molecule has 24 heavy (non-hydrogen) atoms. The first-order chi connectivity index (χ1) is 11.6. The number of rotatable bonds is 8. The van der Waals surface area contributed by atoms with Crippen LogP contribution in [0.25, 0.3) is 0 Å². The number of hydrogen-bond donors (Lipinski definition) is 1. The summed E-state index contributed by atoms with van der Waals surface area (Å²) in [5.41, 5.74) is 1.22. The summed E-state index contributed by atoms with van der Waals surface area (Å²) >= 11 is 0. The van der Waals surface area contributed by atoms with Gasteiger partial charge in [0.2, 0.25) is 0 Å². The molecule has 0 aliphatic carbocycles. The van der Waals surface area contributed by atoms with Gasteiger partial charge in [-0.25, -0.2) is 0 Å². The van der Waals surface area contributed by atoms with E-state index in [0.717, 1.165) is 0 Å². The summed E-state index contributed by atoms with van der Waals surface area (Å²) < 4.78 is 20.9. The maximum Gasteiger partial charge on any atom is 0.181 e. The third-order valence-corrected chi connectivity index (χ3v) is 3.55. The van der Waals surface area contributed by atoms with E-state index in [1.165, 1.54) is 7.11 Å². The lowest BCUT2D eigenvalue weighted by atomic mass is 10.1. The first-order valence-electron chi connectivity index (χ1n) is 7.34. The van der Waals surface area contributed by atoms with Crippen molar-refractivity contribution in [1.82, 2.24) is 0 Å². The molecular weight excluding hydrogens is 310 g/mol. The molecule has 128 valence electrons. The topological polar surface area (TPSA) is 66.0 Å². The fourth-order valence-corrected chi connectivity index (χ4v) is 2.24. The van der Waals surface area contributed by atoms with Gasteiger partial charge in [0, 0.05) is 11.6 Å². The van der Waals surface area contributed by atoms with Gasteiger partial charge in [0.15, 0.2) is 17.3 Å². The number of anilines is 1. The molecule has 2 aromatic rings. The van der Waals surface area contributed by atoms with Crippen LogP contribution in [0, 0.1) is 0 Å². The molecule has 2 aromatic carbocycles. The average Bonchev–Trinajstić information content (AvgIpc) is 2.64. The lowest BCUT2D eigenvalue weighted by Crippen LogP contribution is -2.14. The van der Waals surface area contributed by atoms with E-state index in [2.05, 4.69) is 5.32 Å². The van der Waals surface area contributed by atoms with Crippen LogP contribution in [-0.4, -0.2) is 40.8 Å². The highest BCUT2D eigenvalue weighted by Gasteiger charge is 2.12. The van der Waals surface area contributed by atoms with Crippen molar-refractivity contribution < 1.29 is 23.7 Å². The van der Waals surface area contributed by atoms with Crippen LogP contribution in [0.5, 0.6) is 23.0 Å². The molecule has 1 N–H and O–H groups in total. The van der Waals surface area contributed by atoms with Crippen LogP contribution in [-0.2, 0) is 0 Å². The quantitative estimate of drug-likeness (QED) is 0.750. The molecule has 0 saturated heterocycles. The van der Waals surface area contributed by atoms with Crippen molar-refractivity contribution in [1.29, 1.82) is 0 Å². The highest BCUT2D eigenvalue weighted by molar-refractivity contribution is 5.99. The Bertz CT molecular complexity index is 715. The molecule has 0 spiro atoms. The van der Waals surface area contributed by atoms with Crippen molar-refractivity contribution in [3.8, 4) is 23.0 Å². The number of benzene rings is 2.